The molecule has 0 unspecified atom stereocenters. The fourth-order valence-electron chi connectivity index (χ4n) is 4.12. The summed E-state index contributed by atoms with van der Waals surface area (Å²) in [6.07, 6.45) is 0.506. The molecule has 9 heteroatoms. The number of halogens is 1. The number of methoxy groups -OCH3 is 1. The first-order valence-electron chi connectivity index (χ1n) is 11.4. The molecule has 3 aromatic carbocycles. The van der Waals surface area contributed by atoms with Crippen LogP contribution in [0, 0.1) is 5.82 Å². The summed E-state index contributed by atoms with van der Waals surface area (Å²) < 4.78 is 19.2. The molecule has 2 atom stereocenters. The Hall–Kier alpha value is -3.98. The van der Waals surface area contributed by atoms with Crippen LogP contribution < -0.4 is 10.1 Å². The normalized spacial score (nSPS) is 19.2. The van der Waals surface area contributed by atoms with Crippen LogP contribution in [0.5, 0.6) is 5.75 Å². The van der Waals surface area contributed by atoms with Crippen molar-refractivity contribution in [1.29, 1.82) is 0 Å². The van der Waals surface area contributed by atoms with Gasteiger partial charge in [-0.05, 0) is 47.5 Å². The highest BCUT2D eigenvalue weighted by atomic mass is 32.2. The maximum atomic E-state index is 13.9. The van der Waals surface area contributed by atoms with E-state index in [1.807, 2.05) is 54.6 Å². The van der Waals surface area contributed by atoms with Crippen LogP contribution in [0.3, 0.4) is 0 Å². The van der Waals surface area contributed by atoms with E-state index in [9.17, 15) is 14.0 Å². The highest BCUT2D eigenvalue weighted by molar-refractivity contribution is 8.15. The van der Waals surface area contributed by atoms with Gasteiger partial charge in [0, 0.05) is 12.8 Å². The van der Waals surface area contributed by atoms with Crippen molar-refractivity contribution < 1.29 is 18.7 Å². The van der Waals surface area contributed by atoms with Crippen molar-refractivity contribution in [2.75, 3.05) is 12.4 Å². The van der Waals surface area contributed by atoms with Crippen molar-refractivity contribution in [1.82, 2.24) is 5.01 Å². The number of aliphatic imine (C=N–C) groups is 1. The van der Waals surface area contributed by atoms with Crippen molar-refractivity contribution in [2.45, 2.75) is 24.1 Å². The number of nitrogens with one attached hydrogen (secondary N) is 1. The number of para-hydroxylation sites is 1. The van der Waals surface area contributed by atoms with E-state index in [2.05, 4.69) is 10.3 Å². The van der Waals surface area contributed by atoms with E-state index < -0.39 is 22.9 Å². The van der Waals surface area contributed by atoms with Crippen LogP contribution in [-0.4, -0.2) is 40.1 Å². The lowest BCUT2D eigenvalue weighted by Crippen LogP contribution is -2.25. The minimum atomic E-state index is -0.705. The van der Waals surface area contributed by atoms with Crippen LogP contribution >= 0.6 is 11.8 Å². The largest absolute Gasteiger partial charge is 0.497 e. The first-order valence-corrected chi connectivity index (χ1v) is 12.3. The van der Waals surface area contributed by atoms with Gasteiger partial charge in [0.2, 0.25) is 5.91 Å². The number of anilines is 1. The molecule has 0 bridgehead atoms. The molecule has 1 N–H and O–H groups in total. The molecule has 7 nitrogen and oxygen atoms in total. The first-order chi connectivity index (χ1) is 17.5. The molecule has 0 saturated heterocycles. The number of amidine groups is 1. The van der Waals surface area contributed by atoms with Crippen molar-refractivity contribution in [2.24, 2.45) is 10.1 Å². The van der Waals surface area contributed by atoms with E-state index in [1.54, 1.807) is 24.3 Å². The Morgan fingerprint density at radius 2 is 1.81 bits per heavy atom. The maximum absolute atomic E-state index is 13.9. The van der Waals surface area contributed by atoms with Crippen LogP contribution in [0.1, 0.15) is 30.0 Å². The lowest BCUT2D eigenvalue weighted by Gasteiger charge is -2.23. The van der Waals surface area contributed by atoms with E-state index in [0.717, 1.165) is 22.6 Å². The Balaban J connectivity index is 1.35. The average molecular weight is 503 g/mol. The highest BCUT2D eigenvalue weighted by Gasteiger charge is 2.39. The van der Waals surface area contributed by atoms with E-state index in [-0.39, 0.29) is 18.2 Å². The Kier molecular flexibility index (Phi) is 6.81. The van der Waals surface area contributed by atoms with Crippen LogP contribution in [0.15, 0.2) is 89.0 Å². The minimum Gasteiger partial charge on any atom is -0.497 e. The predicted octanol–water partition coefficient (Wildman–Crippen LogP) is 5.01. The second kappa shape index (κ2) is 10.3. The summed E-state index contributed by atoms with van der Waals surface area (Å²) in [5.74, 6) is -0.632. The number of hydrogen-bond acceptors (Lipinski definition) is 6. The smallest absolute Gasteiger partial charge is 0.262 e. The van der Waals surface area contributed by atoms with E-state index in [4.69, 9.17) is 9.84 Å². The second-order valence-corrected chi connectivity index (χ2v) is 9.49. The Morgan fingerprint density at radius 1 is 1.08 bits per heavy atom. The number of hydrogen-bond donors (Lipinski definition) is 1. The summed E-state index contributed by atoms with van der Waals surface area (Å²) in [5.41, 5.74) is 2.94. The Bertz CT molecular complexity index is 1340. The van der Waals surface area contributed by atoms with Crippen LogP contribution in [0.2, 0.25) is 0 Å². The van der Waals surface area contributed by atoms with Gasteiger partial charge in [-0.15, -0.1) is 0 Å². The molecule has 5 rings (SSSR count). The van der Waals surface area contributed by atoms with Gasteiger partial charge >= 0.3 is 0 Å². The number of nitrogens with zero attached hydrogens (tertiary/aromatic N) is 3. The van der Waals surface area contributed by atoms with Crippen molar-refractivity contribution in [3.05, 3.63) is 95.8 Å². The van der Waals surface area contributed by atoms with Crippen LogP contribution in [0.4, 0.5) is 10.1 Å². The molecule has 0 aromatic heterocycles. The quantitative estimate of drug-likeness (QED) is 0.512. The molecule has 182 valence electrons. The van der Waals surface area contributed by atoms with Gasteiger partial charge in [0.25, 0.3) is 5.91 Å². The molecule has 0 spiro atoms. The fraction of sp³-hybridized carbons (Fsp3) is 0.185. The van der Waals surface area contributed by atoms with Gasteiger partial charge in [-0.3, -0.25) is 9.59 Å². The van der Waals surface area contributed by atoms with Gasteiger partial charge in [-0.2, -0.15) is 10.1 Å². The van der Waals surface area contributed by atoms with Crippen molar-refractivity contribution in [3.8, 4) is 5.75 Å². The lowest BCUT2D eigenvalue weighted by molar-refractivity contribution is -0.121. The van der Waals surface area contributed by atoms with Crippen molar-refractivity contribution in [3.63, 3.8) is 0 Å². The number of ether oxygens (including phenoxy) is 1. The second-order valence-electron chi connectivity index (χ2n) is 8.32. The average Bonchev–Trinajstić information content (AvgIpc) is 3.50. The zero-order valence-corrected chi connectivity index (χ0v) is 20.2. The van der Waals surface area contributed by atoms with Gasteiger partial charge in [0.15, 0.2) is 5.17 Å². The fourth-order valence-corrected chi connectivity index (χ4v) is 5.18. The SMILES string of the molecule is COc1ccc(C2=NN(C3=NC(=O)[C@@H](CC(=O)Nc4ccccc4F)S3)[C@@H](c3ccccc3)C2)cc1. The minimum absolute atomic E-state index is 0.0801. The van der Waals surface area contributed by atoms with E-state index >= 15 is 0 Å². The number of carbonyl (C=O) groups excluding carboxylic acids is 2. The molecule has 2 aliphatic heterocycles. The number of thioether (sulfide) groups is 1. The molecule has 2 amide bonds. The monoisotopic (exact) mass is 502 g/mol. The molecule has 0 aliphatic carbocycles. The zero-order valence-electron chi connectivity index (χ0n) is 19.4. The number of carbonyl (C=O) groups is 2. The van der Waals surface area contributed by atoms with Gasteiger partial charge in [0.05, 0.1) is 24.6 Å². The van der Waals surface area contributed by atoms with Gasteiger partial charge in [-0.1, -0.05) is 54.2 Å². The van der Waals surface area contributed by atoms with E-state index in [1.165, 1.54) is 23.9 Å². The lowest BCUT2D eigenvalue weighted by atomic mass is 9.98. The molecule has 2 aliphatic rings. The summed E-state index contributed by atoms with van der Waals surface area (Å²) >= 11 is 1.21. The number of benzene rings is 3. The molecule has 2 heterocycles. The van der Waals surface area contributed by atoms with Crippen LogP contribution in [0.25, 0.3) is 0 Å². The number of rotatable bonds is 6. The number of hydrazone groups is 1. The Morgan fingerprint density at radius 3 is 2.53 bits per heavy atom. The predicted molar refractivity (Wildman–Crippen MR) is 139 cm³/mol. The third-order valence-electron chi connectivity index (χ3n) is 5.96. The number of amides is 2. The Labute approximate surface area is 212 Å². The molecule has 0 fully saturated rings. The zero-order chi connectivity index (χ0) is 25.1. The molecule has 0 saturated carbocycles. The first kappa shape index (κ1) is 23.7. The van der Waals surface area contributed by atoms with Crippen molar-refractivity contribution >= 4 is 40.1 Å². The summed E-state index contributed by atoms with van der Waals surface area (Å²) in [6, 6.07) is 23.3. The van der Waals surface area contributed by atoms with E-state index in [0.29, 0.717) is 11.6 Å². The van der Waals surface area contributed by atoms with Crippen LogP contribution in [-0.2, 0) is 9.59 Å². The molecule has 3 aromatic rings. The van der Waals surface area contributed by atoms with Gasteiger partial charge < -0.3 is 10.1 Å². The summed E-state index contributed by atoms with van der Waals surface area (Å²) in [4.78, 5) is 29.5. The molecule has 0 radical (unpaired) electrons. The summed E-state index contributed by atoms with van der Waals surface area (Å²) in [5, 5.41) is 8.88. The topological polar surface area (TPSA) is 83.4 Å². The molecular weight excluding hydrogens is 479 g/mol. The maximum Gasteiger partial charge on any atom is 0.262 e. The highest BCUT2D eigenvalue weighted by Crippen LogP contribution is 2.38. The van der Waals surface area contributed by atoms with Gasteiger partial charge in [-0.25, -0.2) is 9.40 Å². The molecular formula is C27H23FN4O3S. The van der Waals surface area contributed by atoms with Gasteiger partial charge in [0.1, 0.15) is 16.8 Å². The summed E-state index contributed by atoms with van der Waals surface area (Å²) in [7, 11) is 1.62. The molecule has 36 heavy (non-hydrogen) atoms. The third kappa shape index (κ3) is 5.01. The standard InChI is InChI=1S/C27H23FN4O3S/c1-35-19-13-11-17(12-14-19)22-15-23(18-7-3-2-4-8-18)32(31-22)27-30-26(34)24(36-27)16-25(33)29-21-10-6-5-9-20(21)28/h2-14,23-24H,15-16H2,1H3,(H,29,33)/t23-,24-/m1/s1. The summed E-state index contributed by atoms with van der Waals surface area (Å²) in [6.45, 7) is 0. The third-order valence-corrected chi connectivity index (χ3v) is 7.10.